The average molecular weight is 608 g/mol. The number of pyridine rings is 1. The van der Waals surface area contributed by atoms with E-state index >= 15 is 0 Å². The van der Waals surface area contributed by atoms with Gasteiger partial charge in [-0.2, -0.15) is 17.4 Å². The van der Waals surface area contributed by atoms with E-state index in [1.807, 2.05) is 24.3 Å². The van der Waals surface area contributed by atoms with Gasteiger partial charge in [-0.05, 0) is 66.4 Å². The maximum absolute atomic E-state index is 13.8. The molecule has 0 radical (unpaired) electrons. The van der Waals surface area contributed by atoms with Gasteiger partial charge in [0.15, 0.2) is 0 Å². The van der Waals surface area contributed by atoms with E-state index in [2.05, 4.69) is 31.8 Å². The topological polar surface area (TPSA) is 132 Å². The summed E-state index contributed by atoms with van der Waals surface area (Å²) in [6, 6.07) is 14.5. The van der Waals surface area contributed by atoms with Gasteiger partial charge >= 0.3 is 5.97 Å². The fourth-order valence-corrected chi connectivity index (χ4v) is 5.93. The first-order chi connectivity index (χ1) is 20.4. The first-order valence-electron chi connectivity index (χ1n) is 13.8. The fraction of sp³-hybridized carbons (Fsp3) is 0.323. The second-order valence-electron chi connectivity index (χ2n) is 10.6. The molecule has 0 unspecified atom stereocenters. The number of anilines is 1. The van der Waals surface area contributed by atoms with E-state index in [1.54, 1.807) is 45.0 Å². The fourth-order valence-electron chi connectivity index (χ4n) is 4.44. The largest absolute Gasteiger partial charge is 0.480 e. The molecule has 3 aromatic rings. The lowest BCUT2D eigenvalue weighted by molar-refractivity contribution is -0.140. The number of piperazine rings is 1. The first kappa shape index (κ1) is 31.6. The highest BCUT2D eigenvalue weighted by molar-refractivity contribution is 7.87. The van der Waals surface area contributed by atoms with E-state index in [0.29, 0.717) is 29.8 Å². The zero-order chi connectivity index (χ0) is 31.1. The number of rotatable bonds is 9. The molecular formula is C31H34FN5O5S. The predicted octanol–water partition coefficient (Wildman–Crippen LogP) is 2.92. The van der Waals surface area contributed by atoms with Crippen molar-refractivity contribution < 1.29 is 27.5 Å². The zero-order valence-electron chi connectivity index (χ0n) is 24.2. The molecule has 4 rings (SSSR count). The molecule has 12 heteroatoms. The Kier molecular flexibility index (Phi) is 10.1. The Balaban J connectivity index is 1.32. The predicted molar refractivity (Wildman–Crippen MR) is 161 cm³/mol. The monoisotopic (exact) mass is 607 g/mol. The van der Waals surface area contributed by atoms with Gasteiger partial charge in [-0.1, -0.05) is 37.8 Å². The molecule has 43 heavy (non-hydrogen) atoms. The highest BCUT2D eigenvalue weighted by Gasteiger charge is 2.33. The van der Waals surface area contributed by atoms with E-state index in [0.717, 1.165) is 11.3 Å². The van der Waals surface area contributed by atoms with Crippen LogP contribution in [-0.2, 0) is 21.5 Å². The summed E-state index contributed by atoms with van der Waals surface area (Å²) >= 11 is 0. The normalized spacial score (nSPS) is 14.6. The molecule has 0 aliphatic carbocycles. The first-order valence-corrected chi connectivity index (χ1v) is 15.2. The van der Waals surface area contributed by atoms with Crippen molar-refractivity contribution in [2.75, 3.05) is 31.1 Å². The summed E-state index contributed by atoms with van der Waals surface area (Å²) in [5, 5.41) is 12.1. The quantitative estimate of drug-likeness (QED) is 0.319. The molecular weight excluding hydrogens is 573 g/mol. The van der Waals surface area contributed by atoms with Crippen molar-refractivity contribution >= 4 is 27.8 Å². The van der Waals surface area contributed by atoms with Crippen LogP contribution in [0.1, 0.15) is 46.6 Å². The van der Waals surface area contributed by atoms with Crippen LogP contribution in [-0.4, -0.2) is 66.9 Å². The maximum Gasteiger partial charge on any atom is 0.322 e. The SMILES string of the molecule is Cc1ccc(CNC(=O)c2cc(C#Cc3ccc(N4CCN(S(=O)(=O)N[C@@H](C(=O)O)C(C)C)CC4)cc3)ccn2)cc1F. The van der Waals surface area contributed by atoms with Crippen molar-refractivity contribution in [2.45, 2.75) is 33.4 Å². The number of carboxylic acids is 1. The van der Waals surface area contributed by atoms with Crippen molar-refractivity contribution in [3.05, 3.63) is 94.6 Å². The number of aromatic nitrogens is 1. The Hall–Kier alpha value is -4.31. The molecule has 2 aromatic carbocycles. The third-order valence-electron chi connectivity index (χ3n) is 7.05. The Bertz CT molecular complexity index is 1640. The molecule has 1 amide bonds. The summed E-state index contributed by atoms with van der Waals surface area (Å²) in [6.07, 6.45) is 1.51. The highest BCUT2D eigenvalue weighted by Crippen LogP contribution is 2.19. The maximum atomic E-state index is 13.8. The second kappa shape index (κ2) is 13.8. The third kappa shape index (κ3) is 8.38. The van der Waals surface area contributed by atoms with Crippen LogP contribution in [0.15, 0.2) is 60.8 Å². The number of nitrogens with zero attached hydrogens (tertiary/aromatic N) is 3. The number of carbonyl (C=O) groups is 2. The van der Waals surface area contributed by atoms with Crippen molar-refractivity contribution in [1.29, 1.82) is 0 Å². The lowest BCUT2D eigenvalue weighted by Crippen LogP contribution is -2.55. The molecule has 0 bridgehead atoms. The van der Waals surface area contributed by atoms with Gasteiger partial charge in [-0.15, -0.1) is 0 Å². The summed E-state index contributed by atoms with van der Waals surface area (Å²) in [5.41, 5.74) is 3.67. The third-order valence-corrected chi connectivity index (χ3v) is 8.65. The molecule has 10 nitrogen and oxygen atoms in total. The van der Waals surface area contributed by atoms with Gasteiger partial charge in [0.1, 0.15) is 17.6 Å². The molecule has 2 heterocycles. The van der Waals surface area contributed by atoms with Crippen LogP contribution in [0.4, 0.5) is 10.1 Å². The van der Waals surface area contributed by atoms with Crippen LogP contribution in [0.2, 0.25) is 0 Å². The lowest BCUT2D eigenvalue weighted by atomic mass is 10.1. The van der Waals surface area contributed by atoms with E-state index in [9.17, 15) is 27.5 Å². The van der Waals surface area contributed by atoms with Gasteiger partial charge in [0.05, 0.1) is 0 Å². The minimum absolute atomic E-state index is 0.172. The van der Waals surface area contributed by atoms with Gasteiger partial charge in [0.2, 0.25) is 0 Å². The van der Waals surface area contributed by atoms with Gasteiger partial charge in [-0.25, -0.2) is 4.39 Å². The zero-order valence-corrected chi connectivity index (χ0v) is 25.0. The number of halogens is 1. The van der Waals surface area contributed by atoms with Crippen LogP contribution < -0.4 is 14.9 Å². The molecule has 0 spiro atoms. The Morgan fingerprint density at radius 2 is 1.67 bits per heavy atom. The van der Waals surface area contributed by atoms with Gasteiger partial charge in [0, 0.05) is 55.7 Å². The van der Waals surface area contributed by atoms with Gasteiger partial charge in [-0.3, -0.25) is 14.6 Å². The number of amides is 1. The number of carbonyl (C=O) groups excluding carboxylic acids is 1. The van der Waals surface area contributed by atoms with Crippen molar-refractivity contribution in [3.8, 4) is 11.8 Å². The number of aliphatic carboxylic acids is 1. The smallest absolute Gasteiger partial charge is 0.322 e. The molecule has 1 aliphatic heterocycles. The standard InChI is InChI=1S/C31H34FN5O5S/c1-21(2)29(31(39)40)35-43(41,42)37-16-14-36(15-17-37)26-10-8-23(9-11-26)6-7-24-12-13-33-28(19-24)30(38)34-20-25-5-4-22(3)27(32)18-25/h4-5,8-13,18-19,21,29,35H,14-17,20H2,1-3H3,(H,34,38)(H,39,40)/t29-/m1/s1. The van der Waals surface area contributed by atoms with Gasteiger partial charge in [0.25, 0.3) is 16.1 Å². The summed E-state index contributed by atoms with van der Waals surface area (Å²) in [6.45, 7) is 6.50. The Labute approximate surface area is 251 Å². The van der Waals surface area contributed by atoms with Crippen LogP contribution in [0.25, 0.3) is 0 Å². The molecule has 1 aromatic heterocycles. The number of hydrogen-bond donors (Lipinski definition) is 3. The number of carboxylic acid groups (broad SMARTS) is 1. The molecule has 0 saturated carbocycles. The van der Waals surface area contributed by atoms with Crippen LogP contribution in [0.3, 0.4) is 0 Å². The van der Waals surface area contributed by atoms with Crippen LogP contribution in [0.5, 0.6) is 0 Å². The van der Waals surface area contributed by atoms with E-state index < -0.39 is 28.1 Å². The average Bonchev–Trinajstić information content (AvgIpc) is 2.99. The molecule has 1 atom stereocenters. The van der Waals surface area contributed by atoms with Crippen molar-refractivity contribution in [1.82, 2.24) is 19.3 Å². The molecule has 1 aliphatic rings. The molecule has 1 fully saturated rings. The molecule has 3 N–H and O–H groups in total. The summed E-state index contributed by atoms with van der Waals surface area (Å²) < 4.78 is 42.8. The van der Waals surface area contributed by atoms with E-state index in [1.165, 1.54) is 16.6 Å². The highest BCUT2D eigenvalue weighted by atomic mass is 32.2. The second-order valence-corrected chi connectivity index (χ2v) is 12.3. The summed E-state index contributed by atoms with van der Waals surface area (Å²) in [4.78, 5) is 30.2. The Morgan fingerprint density at radius 3 is 2.30 bits per heavy atom. The number of hydrogen-bond acceptors (Lipinski definition) is 6. The minimum atomic E-state index is -3.93. The van der Waals surface area contributed by atoms with Crippen LogP contribution in [0, 0.1) is 30.5 Å². The van der Waals surface area contributed by atoms with Gasteiger partial charge < -0.3 is 15.3 Å². The summed E-state index contributed by atoms with van der Waals surface area (Å²) in [7, 11) is -3.93. The van der Waals surface area contributed by atoms with E-state index in [4.69, 9.17) is 0 Å². The van der Waals surface area contributed by atoms with Crippen LogP contribution >= 0.6 is 0 Å². The lowest BCUT2D eigenvalue weighted by Gasteiger charge is -2.36. The molecule has 1 saturated heterocycles. The summed E-state index contributed by atoms with van der Waals surface area (Å²) in [5.74, 6) is 3.81. The molecule has 226 valence electrons. The van der Waals surface area contributed by atoms with Crippen molar-refractivity contribution in [3.63, 3.8) is 0 Å². The number of aryl methyl sites for hydroxylation is 1. The minimum Gasteiger partial charge on any atom is -0.480 e. The van der Waals surface area contributed by atoms with Crippen molar-refractivity contribution in [2.24, 2.45) is 5.92 Å². The number of benzene rings is 2. The number of nitrogens with one attached hydrogen (secondary N) is 2. The Morgan fingerprint density at radius 1 is 1.00 bits per heavy atom. The van der Waals surface area contributed by atoms with E-state index in [-0.39, 0.29) is 37.1 Å².